The fourth-order valence-electron chi connectivity index (χ4n) is 3.76. The molecule has 1 N–H and O–H groups in total. The molecule has 1 atom stereocenters. The number of hydrogen-bond donors (Lipinski definition) is 1. The molecule has 2 heterocycles. The summed E-state index contributed by atoms with van der Waals surface area (Å²) in [6.45, 7) is 9.55. The number of morpholine rings is 1. The number of aliphatic imine (C=N–C) groups is 1. The fraction of sp³-hybridized carbons (Fsp3) is 0.619. The Hall–Kier alpha value is -1.000. The van der Waals surface area contributed by atoms with E-state index in [0.717, 1.165) is 30.4 Å². The molecule has 8 heteroatoms. The highest BCUT2D eigenvalue weighted by molar-refractivity contribution is 14.0. The van der Waals surface area contributed by atoms with Gasteiger partial charge in [0.25, 0.3) is 0 Å². The van der Waals surface area contributed by atoms with Gasteiger partial charge in [-0.15, -0.1) is 24.0 Å². The predicted molar refractivity (Wildman–Crippen MR) is 131 cm³/mol. The maximum atomic E-state index is 13.3. The second-order valence-electron chi connectivity index (χ2n) is 7.86. The molecule has 0 aliphatic carbocycles. The number of benzene rings is 1. The van der Waals surface area contributed by atoms with Gasteiger partial charge in [0, 0.05) is 50.3 Å². The van der Waals surface area contributed by atoms with E-state index in [1.807, 2.05) is 54.0 Å². The van der Waals surface area contributed by atoms with E-state index in [0.29, 0.717) is 32.8 Å². The first-order valence-electron chi connectivity index (χ1n) is 10.0. The van der Waals surface area contributed by atoms with Crippen molar-refractivity contribution in [2.24, 2.45) is 4.99 Å². The van der Waals surface area contributed by atoms with Crippen molar-refractivity contribution in [3.8, 4) is 0 Å². The van der Waals surface area contributed by atoms with Crippen LogP contribution >= 0.6 is 35.7 Å². The molecule has 2 fully saturated rings. The second kappa shape index (κ2) is 11.4. The first kappa shape index (κ1) is 24.3. The topological polar surface area (TPSA) is 57.2 Å². The van der Waals surface area contributed by atoms with E-state index in [4.69, 9.17) is 4.74 Å². The number of carbonyl (C=O) groups excluding carboxylic acids is 1. The molecule has 2 aliphatic rings. The molecule has 6 nitrogen and oxygen atoms in total. The zero-order valence-electron chi connectivity index (χ0n) is 17.6. The minimum absolute atomic E-state index is 0. The summed E-state index contributed by atoms with van der Waals surface area (Å²) < 4.78 is 5.62. The SMILES string of the molecule is CN=C(NCC(C(=O)N1CCOCC1)c1ccccc1)N1CCSC(C)(C)C1.I. The van der Waals surface area contributed by atoms with E-state index in [-0.39, 0.29) is 40.5 Å². The summed E-state index contributed by atoms with van der Waals surface area (Å²) in [6.07, 6.45) is 0. The molecule has 1 aromatic carbocycles. The molecule has 29 heavy (non-hydrogen) atoms. The molecule has 2 saturated heterocycles. The molecule has 0 bridgehead atoms. The number of guanidine groups is 1. The van der Waals surface area contributed by atoms with Crippen molar-refractivity contribution in [1.29, 1.82) is 0 Å². The fourth-order valence-corrected chi connectivity index (χ4v) is 4.87. The Kier molecular flexibility index (Phi) is 9.55. The van der Waals surface area contributed by atoms with E-state index in [1.54, 1.807) is 0 Å². The third-order valence-corrected chi connectivity index (χ3v) is 6.52. The van der Waals surface area contributed by atoms with Crippen LogP contribution in [0.1, 0.15) is 25.3 Å². The molecule has 3 rings (SSSR count). The third-order valence-electron chi connectivity index (χ3n) is 5.22. The van der Waals surface area contributed by atoms with Crippen LogP contribution in [0.2, 0.25) is 0 Å². The quantitative estimate of drug-likeness (QED) is 0.367. The average Bonchev–Trinajstić information content (AvgIpc) is 2.71. The lowest BCUT2D eigenvalue weighted by Gasteiger charge is -2.39. The van der Waals surface area contributed by atoms with Crippen molar-refractivity contribution in [3.05, 3.63) is 35.9 Å². The number of ether oxygens (including phenoxy) is 1. The number of halogens is 1. The molecule has 0 spiro atoms. The maximum Gasteiger partial charge on any atom is 0.232 e. The summed E-state index contributed by atoms with van der Waals surface area (Å²) in [5.74, 6) is 1.89. The number of thioether (sulfide) groups is 1. The van der Waals surface area contributed by atoms with Crippen molar-refractivity contribution in [3.63, 3.8) is 0 Å². The molecule has 1 unspecified atom stereocenters. The Balaban J connectivity index is 0.00000300. The summed E-state index contributed by atoms with van der Waals surface area (Å²) >= 11 is 2.00. The molecular weight excluding hydrogens is 499 g/mol. The number of rotatable bonds is 4. The van der Waals surface area contributed by atoms with Gasteiger partial charge in [-0.1, -0.05) is 30.3 Å². The predicted octanol–water partition coefficient (Wildman–Crippen LogP) is 2.65. The van der Waals surface area contributed by atoms with Crippen LogP contribution in [-0.4, -0.2) is 85.2 Å². The molecule has 1 amide bonds. The van der Waals surface area contributed by atoms with Gasteiger partial charge in [0.2, 0.25) is 5.91 Å². The zero-order valence-corrected chi connectivity index (χ0v) is 20.7. The number of hydrogen-bond acceptors (Lipinski definition) is 4. The van der Waals surface area contributed by atoms with E-state index in [2.05, 4.69) is 29.1 Å². The lowest BCUT2D eigenvalue weighted by atomic mass is 9.97. The van der Waals surface area contributed by atoms with Crippen LogP contribution in [0, 0.1) is 0 Å². The Morgan fingerprint density at radius 1 is 1.21 bits per heavy atom. The van der Waals surface area contributed by atoms with Crippen LogP contribution in [-0.2, 0) is 9.53 Å². The summed E-state index contributed by atoms with van der Waals surface area (Å²) in [5, 5.41) is 3.48. The lowest BCUT2D eigenvalue weighted by molar-refractivity contribution is -0.136. The summed E-state index contributed by atoms with van der Waals surface area (Å²) in [7, 11) is 1.82. The van der Waals surface area contributed by atoms with Crippen molar-refractivity contribution in [2.45, 2.75) is 24.5 Å². The third kappa shape index (κ3) is 6.75. The zero-order chi connectivity index (χ0) is 20.0. The van der Waals surface area contributed by atoms with Gasteiger partial charge in [-0.05, 0) is 19.4 Å². The van der Waals surface area contributed by atoms with Crippen LogP contribution in [0.15, 0.2) is 35.3 Å². The molecule has 162 valence electrons. The van der Waals surface area contributed by atoms with Crippen LogP contribution in [0.4, 0.5) is 0 Å². The van der Waals surface area contributed by atoms with E-state index < -0.39 is 0 Å². The number of nitrogens with zero attached hydrogens (tertiary/aromatic N) is 3. The van der Waals surface area contributed by atoms with Crippen molar-refractivity contribution in [1.82, 2.24) is 15.1 Å². The van der Waals surface area contributed by atoms with Crippen LogP contribution in [0.25, 0.3) is 0 Å². The first-order chi connectivity index (χ1) is 13.5. The van der Waals surface area contributed by atoms with Crippen LogP contribution in [0.3, 0.4) is 0 Å². The van der Waals surface area contributed by atoms with Gasteiger partial charge in [-0.25, -0.2) is 0 Å². The number of amides is 1. The van der Waals surface area contributed by atoms with Crippen LogP contribution < -0.4 is 5.32 Å². The van der Waals surface area contributed by atoms with Crippen molar-refractivity contribution >= 4 is 47.6 Å². The van der Waals surface area contributed by atoms with Gasteiger partial charge in [0.1, 0.15) is 0 Å². The van der Waals surface area contributed by atoms with E-state index >= 15 is 0 Å². The standard InChI is InChI=1S/C21H32N4O2S.HI/c1-21(2)16-25(11-14-28-21)20(22-3)23-15-18(17-7-5-4-6-8-17)19(26)24-9-12-27-13-10-24;/h4-8,18H,9-16H2,1-3H3,(H,22,23);1H. The molecule has 1 aromatic rings. The van der Waals surface area contributed by atoms with Gasteiger partial charge in [0.15, 0.2) is 5.96 Å². The molecule has 0 aromatic heterocycles. The van der Waals surface area contributed by atoms with Gasteiger partial charge >= 0.3 is 0 Å². The van der Waals surface area contributed by atoms with Gasteiger partial charge in [-0.2, -0.15) is 11.8 Å². The molecule has 2 aliphatic heterocycles. The summed E-state index contributed by atoms with van der Waals surface area (Å²) in [4.78, 5) is 22.0. The van der Waals surface area contributed by atoms with Gasteiger partial charge in [-0.3, -0.25) is 9.79 Å². The summed E-state index contributed by atoms with van der Waals surface area (Å²) in [6, 6.07) is 10.0. The Morgan fingerprint density at radius 2 is 1.90 bits per heavy atom. The highest BCUT2D eigenvalue weighted by atomic mass is 127. The number of nitrogens with one attached hydrogen (secondary N) is 1. The average molecular weight is 532 g/mol. The molecule has 0 saturated carbocycles. The minimum Gasteiger partial charge on any atom is -0.378 e. The highest BCUT2D eigenvalue weighted by Gasteiger charge is 2.31. The lowest BCUT2D eigenvalue weighted by Crippen LogP contribution is -2.52. The molecule has 0 radical (unpaired) electrons. The normalized spacial score (nSPS) is 20.6. The van der Waals surface area contributed by atoms with Gasteiger partial charge < -0.3 is 19.9 Å². The van der Waals surface area contributed by atoms with E-state index in [1.165, 1.54) is 0 Å². The smallest absolute Gasteiger partial charge is 0.232 e. The highest BCUT2D eigenvalue weighted by Crippen LogP contribution is 2.29. The minimum atomic E-state index is -0.233. The van der Waals surface area contributed by atoms with Crippen LogP contribution in [0.5, 0.6) is 0 Å². The van der Waals surface area contributed by atoms with Gasteiger partial charge in [0.05, 0.1) is 19.1 Å². The largest absolute Gasteiger partial charge is 0.378 e. The monoisotopic (exact) mass is 532 g/mol. The first-order valence-corrected chi connectivity index (χ1v) is 11.0. The van der Waals surface area contributed by atoms with Crippen molar-refractivity contribution < 1.29 is 9.53 Å². The summed E-state index contributed by atoms with van der Waals surface area (Å²) in [5.41, 5.74) is 1.04. The Bertz CT molecular complexity index is 681. The van der Waals surface area contributed by atoms with E-state index in [9.17, 15) is 4.79 Å². The molecular formula is C21H33IN4O2S. The maximum absolute atomic E-state index is 13.3. The second-order valence-corrected chi connectivity index (χ2v) is 9.66. The van der Waals surface area contributed by atoms with Crippen molar-refractivity contribution in [2.75, 3.05) is 58.7 Å². The Labute approximate surface area is 195 Å². The Morgan fingerprint density at radius 3 is 2.52 bits per heavy atom. The number of carbonyl (C=O) groups is 1.